The summed E-state index contributed by atoms with van der Waals surface area (Å²) in [5.41, 5.74) is 6.54. The molecular formula is C18H24N4O3. The van der Waals surface area contributed by atoms with E-state index in [2.05, 4.69) is 22.1 Å². The van der Waals surface area contributed by atoms with Crippen LogP contribution in [-0.2, 0) is 4.74 Å². The molecule has 0 fully saturated rings. The highest BCUT2D eigenvalue weighted by Crippen LogP contribution is 2.27. The molecule has 0 spiro atoms. The van der Waals surface area contributed by atoms with Gasteiger partial charge in [0.05, 0.1) is 5.56 Å². The molecule has 0 saturated heterocycles. The van der Waals surface area contributed by atoms with Crippen LogP contribution in [0.1, 0.15) is 45.5 Å². The number of hydrogen-bond acceptors (Lipinski definition) is 6. The summed E-state index contributed by atoms with van der Waals surface area (Å²) in [7, 11) is 0. The van der Waals surface area contributed by atoms with Crippen molar-refractivity contribution >= 4 is 11.8 Å². The van der Waals surface area contributed by atoms with E-state index in [1.807, 2.05) is 12.1 Å². The van der Waals surface area contributed by atoms with Crippen LogP contribution in [-0.4, -0.2) is 21.9 Å². The van der Waals surface area contributed by atoms with Gasteiger partial charge in [0, 0.05) is 5.69 Å². The minimum Gasteiger partial charge on any atom is -0.444 e. The SMILES string of the molecule is C=CCC[C@H](NC(=O)OC(C)(C)C)c1nnc(-c2ccccc2N)o1. The number of allylic oxidation sites excluding steroid dienone is 1. The summed E-state index contributed by atoms with van der Waals surface area (Å²) in [5.74, 6) is 0.605. The fourth-order valence-electron chi connectivity index (χ4n) is 2.17. The van der Waals surface area contributed by atoms with Crippen LogP contribution in [0.5, 0.6) is 0 Å². The van der Waals surface area contributed by atoms with Gasteiger partial charge < -0.3 is 20.2 Å². The lowest BCUT2D eigenvalue weighted by Crippen LogP contribution is -2.35. The maximum atomic E-state index is 12.1. The largest absolute Gasteiger partial charge is 0.444 e. The fourth-order valence-corrected chi connectivity index (χ4v) is 2.17. The van der Waals surface area contributed by atoms with Crippen LogP contribution < -0.4 is 11.1 Å². The Morgan fingerprint density at radius 1 is 1.40 bits per heavy atom. The van der Waals surface area contributed by atoms with E-state index in [1.165, 1.54) is 0 Å². The van der Waals surface area contributed by atoms with Gasteiger partial charge in [-0.15, -0.1) is 16.8 Å². The summed E-state index contributed by atoms with van der Waals surface area (Å²) in [5, 5.41) is 10.9. The highest BCUT2D eigenvalue weighted by atomic mass is 16.6. The second kappa shape index (κ2) is 7.83. The number of para-hydroxylation sites is 1. The molecule has 0 aliphatic rings. The maximum absolute atomic E-state index is 12.1. The number of nitrogens with two attached hydrogens (primary N) is 1. The molecule has 0 aliphatic carbocycles. The molecular weight excluding hydrogens is 320 g/mol. The average Bonchev–Trinajstić information content (AvgIpc) is 2.99. The molecule has 0 unspecified atom stereocenters. The molecule has 0 aliphatic heterocycles. The van der Waals surface area contributed by atoms with Crippen molar-refractivity contribution in [2.75, 3.05) is 5.73 Å². The zero-order chi connectivity index (χ0) is 18.4. The number of nitrogen functional groups attached to an aromatic ring is 1. The summed E-state index contributed by atoms with van der Waals surface area (Å²) in [6, 6.07) is 6.75. The molecule has 2 aromatic rings. The zero-order valence-corrected chi connectivity index (χ0v) is 14.8. The lowest BCUT2D eigenvalue weighted by Gasteiger charge is -2.22. The third kappa shape index (κ3) is 5.34. The van der Waals surface area contributed by atoms with E-state index in [0.717, 1.165) is 0 Å². The van der Waals surface area contributed by atoms with E-state index < -0.39 is 17.7 Å². The molecule has 1 heterocycles. The Morgan fingerprint density at radius 3 is 2.76 bits per heavy atom. The monoisotopic (exact) mass is 344 g/mol. The number of carbonyl (C=O) groups is 1. The molecule has 25 heavy (non-hydrogen) atoms. The molecule has 1 atom stereocenters. The van der Waals surface area contributed by atoms with Crippen LogP contribution in [0.15, 0.2) is 41.3 Å². The third-order valence-corrected chi connectivity index (χ3v) is 3.28. The molecule has 134 valence electrons. The van der Waals surface area contributed by atoms with Gasteiger partial charge in [-0.3, -0.25) is 0 Å². The number of hydrogen-bond donors (Lipinski definition) is 2. The summed E-state index contributed by atoms with van der Waals surface area (Å²) >= 11 is 0. The standard InChI is InChI=1S/C18H24N4O3/c1-5-6-11-14(20-17(23)25-18(2,3)4)16-22-21-15(24-16)12-9-7-8-10-13(12)19/h5,7-10,14H,1,6,11,19H2,2-4H3,(H,20,23)/t14-/m0/s1. The summed E-state index contributed by atoms with van der Waals surface area (Å²) in [6.07, 6.45) is 2.46. The Balaban J connectivity index is 2.19. The van der Waals surface area contributed by atoms with Gasteiger partial charge in [-0.05, 0) is 45.7 Å². The molecule has 0 radical (unpaired) electrons. The van der Waals surface area contributed by atoms with Gasteiger partial charge in [0.25, 0.3) is 0 Å². The van der Waals surface area contributed by atoms with Crippen LogP contribution in [0.4, 0.5) is 10.5 Å². The first-order valence-electron chi connectivity index (χ1n) is 8.09. The van der Waals surface area contributed by atoms with Crippen LogP contribution in [0.3, 0.4) is 0 Å². The Morgan fingerprint density at radius 2 is 2.12 bits per heavy atom. The number of alkyl carbamates (subject to hydrolysis) is 1. The second-order valence-electron chi connectivity index (χ2n) is 6.60. The minimum atomic E-state index is -0.592. The number of aromatic nitrogens is 2. The van der Waals surface area contributed by atoms with Gasteiger partial charge in [-0.1, -0.05) is 18.2 Å². The van der Waals surface area contributed by atoms with Gasteiger partial charge >= 0.3 is 6.09 Å². The van der Waals surface area contributed by atoms with Crippen molar-refractivity contribution in [3.63, 3.8) is 0 Å². The van der Waals surface area contributed by atoms with Crippen LogP contribution >= 0.6 is 0 Å². The first kappa shape index (κ1) is 18.5. The third-order valence-electron chi connectivity index (χ3n) is 3.28. The first-order chi connectivity index (χ1) is 11.8. The van der Waals surface area contributed by atoms with Crippen molar-refractivity contribution in [2.24, 2.45) is 0 Å². The van der Waals surface area contributed by atoms with Gasteiger partial charge in [-0.25, -0.2) is 4.79 Å². The van der Waals surface area contributed by atoms with Crippen molar-refractivity contribution in [2.45, 2.75) is 45.3 Å². The van der Waals surface area contributed by atoms with E-state index >= 15 is 0 Å². The lowest BCUT2D eigenvalue weighted by molar-refractivity contribution is 0.0493. The predicted octanol–water partition coefficient (Wildman–Crippen LogP) is 3.85. The number of nitrogens with zero attached hydrogens (tertiary/aromatic N) is 2. The molecule has 0 saturated carbocycles. The van der Waals surface area contributed by atoms with Gasteiger partial charge in [-0.2, -0.15) is 0 Å². The highest BCUT2D eigenvalue weighted by Gasteiger charge is 2.24. The Hall–Kier alpha value is -2.83. The summed E-state index contributed by atoms with van der Waals surface area (Å²) < 4.78 is 11.0. The Bertz CT molecular complexity index is 734. The van der Waals surface area contributed by atoms with Gasteiger partial charge in [0.15, 0.2) is 0 Å². The number of carbonyl (C=O) groups excluding carboxylic acids is 1. The molecule has 7 nitrogen and oxygen atoms in total. The number of rotatable bonds is 6. The summed E-state index contributed by atoms with van der Waals surface area (Å²) in [4.78, 5) is 12.1. The van der Waals surface area contributed by atoms with Crippen LogP contribution in [0.25, 0.3) is 11.5 Å². The average molecular weight is 344 g/mol. The van der Waals surface area contributed by atoms with E-state index in [0.29, 0.717) is 35.9 Å². The number of amides is 1. The quantitative estimate of drug-likeness (QED) is 0.609. The maximum Gasteiger partial charge on any atom is 0.408 e. The van der Waals surface area contributed by atoms with E-state index in [9.17, 15) is 4.79 Å². The number of benzene rings is 1. The Kier molecular flexibility index (Phi) is 5.80. The van der Waals surface area contributed by atoms with Crippen molar-refractivity contribution < 1.29 is 13.9 Å². The van der Waals surface area contributed by atoms with E-state index in [-0.39, 0.29) is 0 Å². The van der Waals surface area contributed by atoms with Crippen molar-refractivity contribution in [1.29, 1.82) is 0 Å². The highest BCUT2D eigenvalue weighted by molar-refractivity contribution is 5.70. The molecule has 1 aromatic carbocycles. The van der Waals surface area contributed by atoms with Gasteiger partial charge in [0.1, 0.15) is 11.6 Å². The Labute approximate surface area is 147 Å². The molecule has 1 amide bonds. The normalized spacial score (nSPS) is 12.4. The number of anilines is 1. The minimum absolute atomic E-state index is 0.297. The smallest absolute Gasteiger partial charge is 0.408 e. The summed E-state index contributed by atoms with van der Waals surface area (Å²) in [6.45, 7) is 9.10. The number of ether oxygens (including phenoxy) is 1. The lowest BCUT2D eigenvalue weighted by atomic mass is 10.1. The van der Waals surface area contributed by atoms with Crippen LogP contribution in [0.2, 0.25) is 0 Å². The predicted molar refractivity (Wildman–Crippen MR) is 95.7 cm³/mol. The first-order valence-corrected chi connectivity index (χ1v) is 8.09. The van der Waals surface area contributed by atoms with E-state index in [1.54, 1.807) is 39.0 Å². The second-order valence-corrected chi connectivity index (χ2v) is 6.60. The van der Waals surface area contributed by atoms with Crippen molar-refractivity contribution in [3.8, 4) is 11.5 Å². The molecule has 1 aromatic heterocycles. The van der Waals surface area contributed by atoms with Crippen molar-refractivity contribution in [1.82, 2.24) is 15.5 Å². The molecule has 7 heteroatoms. The molecule has 2 rings (SSSR count). The fraction of sp³-hybridized carbons (Fsp3) is 0.389. The number of nitrogens with one attached hydrogen (secondary N) is 1. The topological polar surface area (TPSA) is 103 Å². The van der Waals surface area contributed by atoms with Crippen molar-refractivity contribution in [3.05, 3.63) is 42.8 Å². The molecule has 0 bridgehead atoms. The van der Waals surface area contributed by atoms with E-state index in [4.69, 9.17) is 14.9 Å². The van der Waals surface area contributed by atoms with Gasteiger partial charge in [0.2, 0.25) is 11.8 Å². The van der Waals surface area contributed by atoms with Crippen LogP contribution in [0, 0.1) is 0 Å². The molecule has 3 N–H and O–H groups in total. The zero-order valence-electron chi connectivity index (χ0n) is 14.8.